The molecule has 34 heavy (non-hydrogen) atoms. The first-order valence-corrected chi connectivity index (χ1v) is 11.1. The van der Waals surface area contributed by atoms with Gasteiger partial charge in [-0.2, -0.15) is 0 Å². The van der Waals surface area contributed by atoms with Gasteiger partial charge in [-0.3, -0.25) is 14.4 Å². The maximum Gasteiger partial charge on any atom is 0.338 e. The van der Waals surface area contributed by atoms with Crippen molar-refractivity contribution < 1.29 is 29.0 Å². The minimum Gasteiger partial charge on any atom is -0.481 e. The highest BCUT2D eigenvalue weighted by atomic mass is 16.5. The number of aryl methyl sites for hydroxylation is 2. The summed E-state index contributed by atoms with van der Waals surface area (Å²) in [5.74, 6) is -3.91. The van der Waals surface area contributed by atoms with Gasteiger partial charge in [-0.25, -0.2) is 4.79 Å². The number of ether oxygens (including phenoxy) is 1. The van der Waals surface area contributed by atoms with Crippen LogP contribution in [0.2, 0.25) is 0 Å². The van der Waals surface area contributed by atoms with E-state index in [-0.39, 0.29) is 11.5 Å². The van der Waals surface area contributed by atoms with Crippen molar-refractivity contribution in [2.75, 3.05) is 17.2 Å². The van der Waals surface area contributed by atoms with Gasteiger partial charge in [-0.1, -0.05) is 37.3 Å². The summed E-state index contributed by atoms with van der Waals surface area (Å²) >= 11 is 0. The zero-order valence-electron chi connectivity index (χ0n) is 19.2. The summed E-state index contributed by atoms with van der Waals surface area (Å²) < 4.78 is 5.12. The summed E-state index contributed by atoms with van der Waals surface area (Å²) in [7, 11) is 0. The first-order valence-electron chi connectivity index (χ1n) is 11.1. The van der Waals surface area contributed by atoms with Crippen LogP contribution in [-0.2, 0) is 25.5 Å². The highest BCUT2D eigenvalue weighted by Crippen LogP contribution is 2.27. The maximum atomic E-state index is 12.6. The molecule has 0 aliphatic heterocycles. The zero-order chi connectivity index (χ0) is 24.7. The Hall–Kier alpha value is -3.94. The SMILES string of the molecule is CCc1cccc(C)c1NC(=O)COC(=O)c1ccc(NC(=O)[C@@H]2CC=CC[C@@H]2C(=O)O)cc1. The van der Waals surface area contributed by atoms with E-state index in [4.69, 9.17) is 4.74 Å². The summed E-state index contributed by atoms with van der Waals surface area (Å²) in [4.78, 5) is 48.6. The van der Waals surface area contributed by atoms with Crippen LogP contribution in [0.25, 0.3) is 0 Å². The number of carbonyl (C=O) groups excluding carboxylic acids is 3. The molecule has 0 radical (unpaired) electrons. The molecule has 8 heteroatoms. The molecule has 0 spiro atoms. The molecule has 3 rings (SSSR count). The van der Waals surface area contributed by atoms with E-state index in [0.29, 0.717) is 18.5 Å². The molecule has 0 unspecified atom stereocenters. The minimum absolute atomic E-state index is 0.222. The molecule has 0 saturated heterocycles. The van der Waals surface area contributed by atoms with Crippen molar-refractivity contribution in [3.63, 3.8) is 0 Å². The number of benzene rings is 2. The fourth-order valence-electron chi connectivity index (χ4n) is 3.89. The van der Waals surface area contributed by atoms with Gasteiger partial charge in [0.1, 0.15) is 0 Å². The minimum atomic E-state index is -1.00. The Morgan fingerprint density at radius 1 is 0.971 bits per heavy atom. The number of para-hydroxylation sites is 1. The zero-order valence-corrected chi connectivity index (χ0v) is 19.2. The molecule has 3 N–H and O–H groups in total. The van der Waals surface area contributed by atoms with Crippen LogP contribution in [0.1, 0.15) is 41.3 Å². The van der Waals surface area contributed by atoms with Gasteiger partial charge in [-0.15, -0.1) is 0 Å². The van der Waals surface area contributed by atoms with E-state index in [1.807, 2.05) is 32.0 Å². The molecular formula is C26H28N2O6. The highest BCUT2D eigenvalue weighted by molar-refractivity contribution is 5.98. The molecule has 2 atom stereocenters. The number of carboxylic acid groups (broad SMARTS) is 1. The quantitative estimate of drug-likeness (QED) is 0.402. The Bertz CT molecular complexity index is 1110. The normalized spacial score (nSPS) is 17.0. The predicted octanol–water partition coefficient (Wildman–Crippen LogP) is 3.96. The summed E-state index contributed by atoms with van der Waals surface area (Å²) in [6.45, 7) is 3.46. The molecule has 1 aliphatic rings. The van der Waals surface area contributed by atoms with Crippen molar-refractivity contribution >= 4 is 35.1 Å². The third-order valence-corrected chi connectivity index (χ3v) is 5.81. The number of aliphatic carboxylic acids is 1. The van der Waals surface area contributed by atoms with Gasteiger partial charge in [0.2, 0.25) is 5.91 Å². The summed E-state index contributed by atoms with van der Waals surface area (Å²) in [5.41, 5.74) is 3.31. The number of carboxylic acids is 1. The molecule has 0 bridgehead atoms. The smallest absolute Gasteiger partial charge is 0.338 e. The molecule has 0 aromatic heterocycles. The van der Waals surface area contributed by atoms with Gasteiger partial charge in [-0.05, 0) is 61.6 Å². The second-order valence-corrected chi connectivity index (χ2v) is 8.15. The summed E-state index contributed by atoms with van der Waals surface area (Å²) in [5, 5.41) is 14.8. The number of amides is 2. The highest BCUT2D eigenvalue weighted by Gasteiger charge is 2.33. The lowest BCUT2D eigenvalue weighted by molar-refractivity contribution is -0.146. The van der Waals surface area contributed by atoms with Crippen LogP contribution >= 0.6 is 0 Å². The van der Waals surface area contributed by atoms with Crippen molar-refractivity contribution in [1.82, 2.24) is 0 Å². The molecule has 0 saturated carbocycles. The number of hydrogen-bond donors (Lipinski definition) is 3. The molecule has 2 amide bonds. The first-order chi connectivity index (χ1) is 16.3. The van der Waals surface area contributed by atoms with Crippen LogP contribution in [0.5, 0.6) is 0 Å². The maximum absolute atomic E-state index is 12.6. The standard InChI is InChI=1S/C26H28N2O6/c1-3-17-8-6-7-16(2)23(17)28-22(29)15-34-26(33)18-11-13-19(14-12-18)27-24(30)20-9-4-5-10-21(20)25(31)32/h4-8,11-14,20-21H,3,9-10,15H2,1-2H3,(H,27,30)(H,28,29)(H,31,32)/t20-,21+/m1/s1. The number of hydrogen-bond acceptors (Lipinski definition) is 5. The molecule has 1 aliphatic carbocycles. The van der Waals surface area contributed by atoms with Gasteiger partial charge in [0, 0.05) is 11.4 Å². The Morgan fingerprint density at radius 2 is 1.65 bits per heavy atom. The van der Waals surface area contributed by atoms with Crippen LogP contribution in [0.4, 0.5) is 11.4 Å². The molecule has 2 aromatic carbocycles. The van der Waals surface area contributed by atoms with Gasteiger partial charge in [0.05, 0.1) is 17.4 Å². The lowest BCUT2D eigenvalue weighted by Crippen LogP contribution is -2.34. The first kappa shape index (κ1) is 24.7. The van der Waals surface area contributed by atoms with Crippen molar-refractivity contribution in [2.24, 2.45) is 11.8 Å². The number of esters is 1. The van der Waals surface area contributed by atoms with Crippen molar-refractivity contribution in [2.45, 2.75) is 33.1 Å². The Morgan fingerprint density at radius 3 is 2.29 bits per heavy atom. The van der Waals surface area contributed by atoms with E-state index in [0.717, 1.165) is 23.2 Å². The third kappa shape index (κ3) is 6.10. The van der Waals surface area contributed by atoms with Crippen molar-refractivity contribution in [3.05, 3.63) is 71.3 Å². The van der Waals surface area contributed by atoms with E-state index in [2.05, 4.69) is 10.6 Å². The van der Waals surface area contributed by atoms with E-state index in [1.54, 1.807) is 12.2 Å². The molecule has 178 valence electrons. The average Bonchev–Trinajstić information content (AvgIpc) is 2.84. The third-order valence-electron chi connectivity index (χ3n) is 5.81. The van der Waals surface area contributed by atoms with Crippen molar-refractivity contribution in [1.29, 1.82) is 0 Å². The van der Waals surface area contributed by atoms with Gasteiger partial charge in [0.25, 0.3) is 5.91 Å². The number of carbonyl (C=O) groups is 4. The van der Waals surface area contributed by atoms with Gasteiger partial charge < -0.3 is 20.5 Å². The average molecular weight is 465 g/mol. The van der Waals surface area contributed by atoms with Crippen LogP contribution in [0.3, 0.4) is 0 Å². The van der Waals surface area contributed by atoms with E-state index >= 15 is 0 Å². The molecule has 0 fully saturated rings. The van der Waals surface area contributed by atoms with Crippen LogP contribution in [-0.4, -0.2) is 35.5 Å². The van der Waals surface area contributed by atoms with Gasteiger partial charge in [0.15, 0.2) is 6.61 Å². The summed E-state index contributed by atoms with van der Waals surface area (Å²) in [6.07, 6.45) is 5.01. The molecule has 0 heterocycles. The predicted molar refractivity (Wildman–Crippen MR) is 128 cm³/mol. The van der Waals surface area contributed by atoms with E-state index in [1.165, 1.54) is 24.3 Å². The number of anilines is 2. The van der Waals surface area contributed by atoms with Crippen LogP contribution in [0.15, 0.2) is 54.6 Å². The monoisotopic (exact) mass is 464 g/mol. The lowest BCUT2D eigenvalue weighted by Gasteiger charge is -2.24. The van der Waals surface area contributed by atoms with Gasteiger partial charge >= 0.3 is 11.9 Å². The Balaban J connectivity index is 1.54. The second-order valence-electron chi connectivity index (χ2n) is 8.15. The van der Waals surface area contributed by atoms with Crippen LogP contribution < -0.4 is 10.6 Å². The Kier molecular flexibility index (Phi) is 8.19. The fraction of sp³-hybridized carbons (Fsp3) is 0.308. The molecule has 8 nitrogen and oxygen atoms in total. The van der Waals surface area contributed by atoms with E-state index in [9.17, 15) is 24.3 Å². The lowest BCUT2D eigenvalue weighted by atomic mass is 9.82. The largest absolute Gasteiger partial charge is 0.481 e. The topological polar surface area (TPSA) is 122 Å². The number of rotatable bonds is 8. The number of allylic oxidation sites excluding steroid dienone is 2. The Labute approximate surface area is 198 Å². The molecule has 2 aromatic rings. The molecular weight excluding hydrogens is 436 g/mol. The fourth-order valence-corrected chi connectivity index (χ4v) is 3.89. The second kappa shape index (κ2) is 11.3. The summed E-state index contributed by atoms with van der Waals surface area (Å²) in [6, 6.07) is 11.8. The number of nitrogens with one attached hydrogen (secondary N) is 2. The van der Waals surface area contributed by atoms with E-state index < -0.39 is 36.3 Å². The van der Waals surface area contributed by atoms with Crippen LogP contribution in [0, 0.1) is 18.8 Å². The van der Waals surface area contributed by atoms with Crippen molar-refractivity contribution in [3.8, 4) is 0 Å².